The van der Waals surface area contributed by atoms with E-state index in [4.69, 9.17) is 4.74 Å². The minimum atomic E-state index is -0.616. The summed E-state index contributed by atoms with van der Waals surface area (Å²) in [5.41, 5.74) is 0.114. The fraction of sp³-hybridized carbons (Fsp3) is 0.652. The molecule has 2 atom stereocenters. The summed E-state index contributed by atoms with van der Waals surface area (Å²) in [6, 6.07) is 0.206. The van der Waals surface area contributed by atoms with Crippen LogP contribution in [0.2, 0.25) is 0 Å². The standard InChI is InChI=1S/C23H30FN3O3/c1-21(2,15-10-25-20-18(15)19(24)16(30-4)11-26-20)9-17(28)27-13-5-22(3)6-14(27)8-23(29,7-13)12-22/h10-11,13-14,29H,5-9,12H2,1-4H3,(H,25,26). The minimum absolute atomic E-state index is 0.0895. The lowest BCUT2D eigenvalue weighted by Crippen LogP contribution is -2.68. The summed E-state index contributed by atoms with van der Waals surface area (Å²) in [5.74, 6) is -0.271. The monoisotopic (exact) mass is 415 g/mol. The number of aromatic nitrogens is 2. The summed E-state index contributed by atoms with van der Waals surface area (Å²) in [6.45, 7) is 6.19. The van der Waals surface area contributed by atoms with Crippen LogP contribution in [0.4, 0.5) is 4.39 Å². The van der Waals surface area contributed by atoms with E-state index in [0.29, 0.717) is 23.9 Å². The Morgan fingerprint density at radius 2 is 2.03 bits per heavy atom. The Kier molecular flexibility index (Phi) is 4.08. The van der Waals surface area contributed by atoms with Gasteiger partial charge in [0.15, 0.2) is 11.6 Å². The van der Waals surface area contributed by atoms with Crippen LogP contribution in [-0.2, 0) is 10.2 Å². The first-order chi connectivity index (χ1) is 14.0. The zero-order valence-electron chi connectivity index (χ0n) is 18.1. The van der Waals surface area contributed by atoms with Gasteiger partial charge in [-0.2, -0.15) is 0 Å². The van der Waals surface area contributed by atoms with E-state index in [1.54, 1.807) is 6.20 Å². The average Bonchev–Trinajstić information content (AvgIpc) is 3.04. The van der Waals surface area contributed by atoms with Gasteiger partial charge < -0.3 is 19.7 Å². The normalized spacial score (nSPS) is 32.8. The zero-order valence-corrected chi connectivity index (χ0v) is 18.1. The maximum absolute atomic E-state index is 15.0. The van der Waals surface area contributed by atoms with Gasteiger partial charge in [-0.05, 0) is 43.1 Å². The molecule has 2 aliphatic carbocycles. The number of hydrogen-bond donors (Lipinski definition) is 2. The first-order valence-corrected chi connectivity index (χ1v) is 10.8. The van der Waals surface area contributed by atoms with Crippen molar-refractivity contribution in [1.29, 1.82) is 0 Å². The third kappa shape index (κ3) is 2.85. The van der Waals surface area contributed by atoms with Gasteiger partial charge in [-0.15, -0.1) is 0 Å². The van der Waals surface area contributed by atoms with Crippen LogP contribution in [0.3, 0.4) is 0 Å². The molecule has 7 heteroatoms. The number of halogens is 1. The highest BCUT2D eigenvalue weighted by molar-refractivity contribution is 5.85. The molecule has 2 saturated carbocycles. The predicted molar refractivity (Wildman–Crippen MR) is 111 cm³/mol. The van der Waals surface area contributed by atoms with Crippen molar-refractivity contribution in [1.82, 2.24) is 14.9 Å². The number of aromatic amines is 1. The zero-order chi connectivity index (χ0) is 21.5. The predicted octanol–water partition coefficient (Wildman–Crippen LogP) is 3.67. The number of piperidine rings is 2. The number of ether oxygens (including phenoxy) is 1. The maximum atomic E-state index is 15.0. The van der Waals surface area contributed by atoms with Gasteiger partial charge >= 0.3 is 0 Å². The first kappa shape index (κ1) is 19.8. The second-order valence-corrected chi connectivity index (χ2v) is 10.8. The van der Waals surface area contributed by atoms with Gasteiger partial charge in [0.05, 0.1) is 24.3 Å². The van der Waals surface area contributed by atoms with Gasteiger partial charge in [-0.3, -0.25) is 4.79 Å². The molecule has 4 heterocycles. The van der Waals surface area contributed by atoms with Crippen LogP contribution in [0.25, 0.3) is 11.0 Å². The Balaban J connectivity index is 1.44. The lowest BCUT2D eigenvalue weighted by molar-refractivity contribution is -0.193. The van der Waals surface area contributed by atoms with Crippen molar-refractivity contribution in [3.63, 3.8) is 0 Å². The molecule has 162 valence electrons. The number of hydrogen-bond acceptors (Lipinski definition) is 4. The Morgan fingerprint density at radius 1 is 1.37 bits per heavy atom. The Morgan fingerprint density at radius 3 is 2.63 bits per heavy atom. The summed E-state index contributed by atoms with van der Waals surface area (Å²) in [7, 11) is 1.42. The van der Waals surface area contributed by atoms with Crippen LogP contribution in [0.5, 0.6) is 5.75 Å². The maximum Gasteiger partial charge on any atom is 0.223 e. The molecule has 2 saturated heterocycles. The molecule has 0 spiro atoms. The molecule has 30 heavy (non-hydrogen) atoms. The highest BCUT2D eigenvalue weighted by atomic mass is 19.1. The molecule has 4 aliphatic rings. The van der Waals surface area contributed by atoms with Gasteiger partial charge in [0.1, 0.15) is 5.65 Å². The van der Waals surface area contributed by atoms with E-state index in [1.165, 1.54) is 13.3 Å². The Bertz CT molecular complexity index is 994. The van der Waals surface area contributed by atoms with Crippen molar-refractivity contribution in [2.24, 2.45) is 5.41 Å². The molecule has 0 radical (unpaired) electrons. The molecule has 4 fully saturated rings. The van der Waals surface area contributed by atoms with Crippen LogP contribution in [0.15, 0.2) is 12.4 Å². The molecule has 2 aromatic heterocycles. The number of methoxy groups -OCH3 is 1. The molecule has 6 rings (SSSR count). The highest BCUT2D eigenvalue weighted by Gasteiger charge is 2.59. The van der Waals surface area contributed by atoms with Crippen molar-refractivity contribution < 1.29 is 19.0 Å². The van der Waals surface area contributed by atoms with E-state index < -0.39 is 16.8 Å². The molecule has 1 amide bonds. The summed E-state index contributed by atoms with van der Waals surface area (Å²) in [4.78, 5) is 22.8. The number of carbonyl (C=O) groups is 1. The smallest absolute Gasteiger partial charge is 0.223 e. The van der Waals surface area contributed by atoms with E-state index in [0.717, 1.165) is 24.8 Å². The van der Waals surface area contributed by atoms with Crippen molar-refractivity contribution in [2.45, 2.75) is 82.4 Å². The molecule has 6 nitrogen and oxygen atoms in total. The number of fused-ring (bicyclic) bond motifs is 1. The second kappa shape index (κ2) is 6.19. The lowest BCUT2D eigenvalue weighted by atomic mass is 9.54. The first-order valence-electron chi connectivity index (χ1n) is 10.8. The van der Waals surface area contributed by atoms with E-state index in [1.807, 2.05) is 18.7 Å². The van der Waals surface area contributed by atoms with E-state index in [2.05, 4.69) is 16.9 Å². The number of pyridine rings is 1. The molecule has 2 unspecified atom stereocenters. The number of aliphatic hydroxyl groups is 1. The fourth-order valence-corrected chi connectivity index (χ4v) is 6.79. The molecule has 2 aliphatic heterocycles. The fourth-order valence-electron chi connectivity index (χ4n) is 6.79. The van der Waals surface area contributed by atoms with Crippen LogP contribution in [-0.4, -0.2) is 50.7 Å². The van der Waals surface area contributed by atoms with Gasteiger partial charge in [0, 0.05) is 30.1 Å². The number of rotatable bonds is 4. The van der Waals surface area contributed by atoms with Crippen LogP contribution in [0, 0.1) is 11.2 Å². The summed E-state index contributed by atoms with van der Waals surface area (Å²) >= 11 is 0. The topological polar surface area (TPSA) is 78.5 Å². The van der Waals surface area contributed by atoms with Crippen molar-refractivity contribution in [3.05, 3.63) is 23.8 Å². The Labute approximate surface area is 175 Å². The van der Waals surface area contributed by atoms with Crippen LogP contribution < -0.4 is 4.74 Å². The van der Waals surface area contributed by atoms with Crippen LogP contribution in [0.1, 0.15) is 64.9 Å². The SMILES string of the molecule is COc1cnc2[nH]cc(C(C)(C)CC(=O)N3C4CC5(C)CC3CC(O)(C4)C5)c2c1F. The number of amides is 1. The molecule has 0 aromatic carbocycles. The second-order valence-electron chi connectivity index (χ2n) is 10.8. The molecular weight excluding hydrogens is 385 g/mol. The summed E-state index contributed by atoms with van der Waals surface area (Å²) in [5, 5.41) is 11.3. The number of H-pyrrole nitrogens is 1. The van der Waals surface area contributed by atoms with Gasteiger partial charge in [-0.25, -0.2) is 9.37 Å². The molecule has 2 N–H and O–H groups in total. The lowest BCUT2D eigenvalue weighted by Gasteiger charge is -2.63. The number of carbonyl (C=O) groups excluding carboxylic acids is 1. The number of nitrogens with one attached hydrogen (secondary N) is 1. The van der Waals surface area contributed by atoms with E-state index >= 15 is 0 Å². The third-order valence-corrected chi connectivity index (χ3v) is 7.67. The van der Waals surface area contributed by atoms with Gasteiger partial charge in [0.25, 0.3) is 0 Å². The van der Waals surface area contributed by atoms with E-state index in [9.17, 15) is 14.3 Å². The van der Waals surface area contributed by atoms with Crippen molar-refractivity contribution >= 4 is 16.9 Å². The number of nitrogens with zero attached hydrogens (tertiary/aromatic N) is 2. The average molecular weight is 416 g/mol. The van der Waals surface area contributed by atoms with E-state index in [-0.39, 0.29) is 35.6 Å². The molecule has 2 aromatic rings. The van der Waals surface area contributed by atoms with Crippen molar-refractivity contribution in [2.75, 3.05) is 7.11 Å². The third-order valence-electron chi connectivity index (χ3n) is 7.67. The van der Waals surface area contributed by atoms with Gasteiger partial charge in [-0.1, -0.05) is 20.8 Å². The summed E-state index contributed by atoms with van der Waals surface area (Å²) < 4.78 is 20.1. The van der Waals surface area contributed by atoms with Crippen LogP contribution >= 0.6 is 0 Å². The highest BCUT2D eigenvalue weighted by Crippen LogP contribution is 2.57. The summed E-state index contributed by atoms with van der Waals surface area (Å²) in [6.07, 6.45) is 7.51. The van der Waals surface area contributed by atoms with Crippen molar-refractivity contribution in [3.8, 4) is 5.75 Å². The van der Waals surface area contributed by atoms with Gasteiger partial charge in [0.2, 0.25) is 5.91 Å². The Hall–Kier alpha value is -2.15. The quantitative estimate of drug-likeness (QED) is 0.799. The molecular formula is C23H30FN3O3. The minimum Gasteiger partial charge on any atom is -0.492 e. The molecule has 4 bridgehead atoms. The largest absolute Gasteiger partial charge is 0.492 e.